The van der Waals surface area contributed by atoms with Gasteiger partial charge in [0.2, 0.25) is 5.91 Å². The second-order valence-electron chi connectivity index (χ2n) is 7.00. The van der Waals surface area contributed by atoms with Gasteiger partial charge >= 0.3 is 5.97 Å². The Bertz CT molecular complexity index is 429. The Kier molecular flexibility index (Phi) is 2.31. The molecule has 5 atom stereocenters. The highest BCUT2D eigenvalue weighted by Gasteiger charge is 2.68. The SMILES string of the molecule is C[C@H](C(=O)O)N(C(=O)C1[C@@H]2[C@H]3CC[C@@H](C3)[C@@H]12)C1CC1. The Hall–Kier alpha value is -1.06. The maximum absolute atomic E-state index is 12.7. The molecular formula is C15H21NO3. The van der Waals surface area contributed by atoms with Gasteiger partial charge in [-0.1, -0.05) is 0 Å². The van der Waals surface area contributed by atoms with Crippen LogP contribution in [-0.4, -0.2) is 34.0 Å². The van der Waals surface area contributed by atoms with Crippen LogP contribution < -0.4 is 0 Å². The van der Waals surface area contributed by atoms with E-state index in [1.165, 1.54) is 19.3 Å². The molecule has 19 heavy (non-hydrogen) atoms. The summed E-state index contributed by atoms with van der Waals surface area (Å²) in [6.45, 7) is 1.66. The minimum absolute atomic E-state index is 0.156. The Balaban J connectivity index is 1.52. The number of carboxylic acids is 1. The third-order valence-electron chi connectivity index (χ3n) is 5.99. The predicted molar refractivity (Wildman–Crippen MR) is 68.3 cm³/mol. The number of carbonyl (C=O) groups is 2. The first kappa shape index (κ1) is 11.7. The van der Waals surface area contributed by atoms with Crippen molar-refractivity contribution in [1.29, 1.82) is 0 Å². The summed E-state index contributed by atoms with van der Waals surface area (Å²) in [5.74, 6) is 2.21. The van der Waals surface area contributed by atoms with Crippen molar-refractivity contribution < 1.29 is 14.7 Å². The molecule has 0 aromatic heterocycles. The van der Waals surface area contributed by atoms with Gasteiger partial charge in [-0.2, -0.15) is 0 Å². The van der Waals surface area contributed by atoms with Crippen LogP contribution in [-0.2, 0) is 9.59 Å². The number of nitrogens with zero attached hydrogens (tertiary/aromatic N) is 1. The molecule has 0 heterocycles. The van der Waals surface area contributed by atoms with Crippen LogP contribution in [0.25, 0.3) is 0 Å². The molecule has 4 heteroatoms. The molecule has 1 amide bonds. The van der Waals surface area contributed by atoms with Crippen molar-refractivity contribution in [2.75, 3.05) is 0 Å². The van der Waals surface area contributed by atoms with E-state index >= 15 is 0 Å². The Labute approximate surface area is 113 Å². The summed E-state index contributed by atoms with van der Waals surface area (Å²) in [5, 5.41) is 9.21. The number of aliphatic carboxylic acids is 1. The van der Waals surface area contributed by atoms with Crippen LogP contribution in [0.5, 0.6) is 0 Å². The molecule has 2 bridgehead atoms. The molecule has 4 fully saturated rings. The second-order valence-corrected chi connectivity index (χ2v) is 7.00. The van der Waals surface area contributed by atoms with Crippen LogP contribution in [0.1, 0.15) is 39.0 Å². The van der Waals surface area contributed by atoms with Crippen molar-refractivity contribution in [3.63, 3.8) is 0 Å². The van der Waals surface area contributed by atoms with E-state index in [1.54, 1.807) is 11.8 Å². The first-order valence-corrected chi connectivity index (χ1v) is 7.64. The number of hydrogen-bond acceptors (Lipinski definition) is 2. The zero-order chi connectivity index (χ0) is 13.3. The first-order valence-electron chi connectivity index (χ1n) is 7.64. The highest BCUT2D eigenvalue weighted by atomic mass is 16.4. The fourth-order valence-corrected chi connectivity index (χ4v) is 4.99. The summed E-state index contributed by atoms with van der Waals surface area (Å²) in [7, 11) is 0. The number of amides is 1. The predicted octanol–water partition coefficient (Wildman–Crippen LogP) is 1.74. The summed E-state index contributed by atoms with van der Waals surface area (Å²) in [4.78, 5) is 25.6. The topological polar surface area (TPSA) is 57.6 Å². The molecule has 0 unspecified atom stereocenters. The number of carbonyl (C=O) groups excluding carboxylic acids is 1. The molecule has 4 saturated carbocycles. The number of hydrogen-bond donors (Lipinski definition) is 1. The molecule has 1 N–H and O–H groups in total. The van der Waals surface area contributed by atoms with Gasteiger partial charge in [-0.05, 0) is 62.7 Å². The van der Waals surface area contributed by atoms with Gasteiger partial charge in [0, 0.05) is 12.0 Å². The smallest absolute Gasteiger partial charge is 0.326 e. The molecule has 0 aromatic carbocycles. The lowest BCUT2D eigenvalue weighted by Crippen LogP contribution is -2.46. The van der Waals surface area contributed by atoms with Gasteiger partial charge < -0.3 is 10.0 Å². The van der Waals surface area contributed by atoms with Crippen LogP contribution in [0.15, 0.2) is 0 Å². The van der Waals surface area contributed by atoms with Crippen molar-refractivity contribution in [3.8, 4) is 0 Å². The zero-order valence-electron chi connectivity index (χ0n) is 11.3. The van der Waals surface area contributed by atoms with Crippen LogP contribution in [0.4, 0.5) is 0 Å². The minimum Gasteiger partial charge on any atom is -0.480 e. The zero-order valence-corrected chi connectivity index (χ0v) is 11.3. The van der Waals surface area contributed by atoms with Gasteiger partial charge in [-0.3, -0.25) is 4.79 Å². The van der Waals surface area contributed by atoms with E-state index in [-0.39, 0.29) is 17.9 Å². The maximum atomic E-state index is 12.7. The quantitative estimate of drug-likeness (QED) is 0.840. The third kappa shape index (κ3) is 1.58. The van der Waals surface area contributed by atoms with Crippen molar-refractivity contribution >= 4 is 11.9 Å². The van der Waals surface area contributed by atoms with Crippen molar-refractivity contribution in [2.24, 2.45) is 29.6 Å². The molecular weight excluding hydrogens is 242 g/mol. The summed E-state index contributed by atoms with van der Waals surface area (Å²) < 4.78 is 0. The lowest BCUT2D eigenvalue weighted by atomic mass is 10.0. The molecule has 104 valence electrons. The molecule has 4 aliphatic rings. The van der Waals surface area contributed by atoms with E-state index in [0.717, 1.165) is 24.7 Å². The summed E-state index contributed by atoms with van der Waals surface area (Å²) in [5.41, 5.74) is 0. The average molecular weight is 263 g/mol. The fraction of sp³-hybridized carbons (Fsp3) is 0.867. The van der Waals surface area contributed by atoms with Crippen LogP contribution >= 0.6 is 0 Å². The number of carboxylic acid groups (broad SMARTS) is 1. The standard InChI is InChI=1S/C15H21NO3/c1-7(15(18)19)16(10-4-5-10)14(17)13-11-8-2-3-9(6-8)12(11)13/h7-13H,2-6H2,1H3,(H,18,19)/t7-,8+,9+,11-,12-/m1/s1. The van der Waals surface area contributed by atoms with Crippen molar-refractivity contribution in [2.45, 2.75) is 51.1 Å². The lowest BCUT2D eigenvalue weighted by molar-refractivity contribution is -0.151. The van der Waals surface area contributed by atoms with Crippen LogP contribution in [0.3, 0.4) is 0 Å². The van der Waals surface area contributed by atoms with Gasteiger partial charge in [-0.15, -0.1) is 0 Å². The van der Waals surface area contributed by atoms with Crippen LogP contribution in [0.2, 0.25) is 0 Å². The highest BCUT2D eigenvalue weighted by molar-refractivity contribution is 5.88. The fourth-order valence-electron chi connectivity index (χ4n) is 4.99. The monoisotopic (exact) mass is 263 g/mol. The lowest BCUT2D eigenvalue weighted by Gasteiger charge is -2.27. The van der Waals surface area contributed by atoms with Gasteiger partial charge in [0.05, 0.1) is 0 Å². The van der Waals surface area contributed by atoms with E-state index in [9.17, 15) is 14.7 Å². The van der Waals surface area contributed by atoms with Crippen LogP contribution in [0, 0.1) is 29.6 Å². The third-order valence-corrected chi connectivity index (χ3v) is 5.99. The highest BCUT2D eigenvalue weighted by Crippen LogP contribution is 2.69. The normalized spacial score (nSPS) is 43.7. The largest absolute Gasteiger partial charge is 0.480 e. The Morgan fingerprint density at radius 3 is 2.16 bits per heavy atom. The van der Waals surface area contributed by atoms with E-state index in [1.807, 2.05) is 0 Å². The molecule has 0 spiro atoms. The summed E-state index contributed by atoms with van der Waals surface area (Å²) >= 11 is 0. The van der Waals surface area contributed by atoms with Gasteiger partial charge in [0.25, 0.3) is 0 Å². The van der Waals surface area contributed by atoms with Gasteiger partial charge in [-0.25, -0.2) is 4.79 Å². The van der Waals surface area contributed by atoms with Crippen molar-refractivity contribution in [1.82, 2.24) is 4.90 Å². The van der Waals surface area contributed by atoms with E-state index in [0.29, 0.717) is 11.8 Å². The number of rotatable bonds is 4. The summed E-state index contributed by atoms with van der Waals surface area (Å²) in [6.07, 6.45) is 5.90. The molecule has 0 saturated heterocycles. The maximum Gasteiger partial charge on any atom is 0.326 e. The first-order chi connectivity index (χ1) is 9.09. The van der Waals surface area contributed by atoms with E-state index < -0.39 is 12.0 Å². The Morgan fingerprint density at radius 1 is 1.11 bits per heavy atom. The molecule has 4 nitrogen and oxygen atoms in total. The minimum atomic E-state index is -0.867. The average Bonchev–Trinajstić information content (AvgIpc) is 3.28. The molecule has 0 aliphatic heterocycles. The molecule has 0 aromatic rings. The number of fused-ring (bicyclic) bond motifs is 5. The van der Waals surface area contributed by atoms with E-state index in [2.05, 4.69) is 0 Å². The van der Waals surface area contributed by atoms with E-state index in [4.69, 9.17) is 0 Å². The molecule has 4 rings (SSSR count). The molecule has 0 radical (unpaired) electrons. The van der Waals surface area contributed by atoms with Crippen molar-refractivity contribution in [3.05, 3.63) is 0 Å². The molecule has 4 aliphatic carbocycles. The summed E-state index contributed by atoms with van der Waals surface area (Å²) in [6, 6.07) is -0.448. The van der Waals surface area contributed by atoms with Gasteiger partial charge in [0.1, 0.15) is 6.04 Å². The Morgan fingerprint density at radius 2 is 1.68 bits per heavy atom. The van der Waals surface area contributed by atoms with Gasteiger partial charge in [0.15, 0.2) is 0 Å². The second kappa shape index (κ2) is 3.74.